The molecule has 2 atom stereocenters. The van der Waals surface area contributed by atoms with Crippen LogP contribution in [0.5, 0.6) is 5.75 Å². The van der Waals surface area contributed by atoms with Gasteiger partial charge >= 0.3 is 0 Å². The van der Waals surface area contributed by atoms with E-state index < -0.39 is 5.82 Å². The first kappa shape index (κ1) is 13.2. The Morgan fingerprint density at radius 2 is 2.15 bits per heavy atom. The Hall–Kier alpha value is -1.84. The van der Waals surface area contributed by atoms with Crippen molar-refractivity contribution in [3.63, 3.8) is 0 Å². The summed E-state index contributed by atoms with van der Waals surface area (Å²) in [7, 11) is 0. The zero-order valence-corrected chi connectivity index (χ0v) is 11.6. The molecule has 1 aliphatic carbocycles. The number of nitrogens with zero attached hydrogens (tertiary/aromatic N) is 1. The van der Waals surface area contributed by atoms with Crippen LogP contribution in [0.25, 0.3) is 10.9 Å². The van der Waals surface area contributed by atoms with Gasteiger partial charge in [-0.2, -0.15) is 0 Å². The molecule has 3 rings (SSSR count). The molecular weight excluding hydrogens is 255 g/mol. The van der Waals surface area contributed by atoms with Crippen molar-refractivity contribution >= 4 is 16.6 Å². The van der Waals surface area contributed by atoms with Crippen molar-refractivity contribution in [1.82, 2.24) is 4.98 Å². The van der Waals surface area contributed by atoms with E-state index >= 15 is 0 Å². The molecule has 106 valence electrons. The topological polar surface area (TPSA) is 48.1 Å². The van der Waals surface area contributed by atoms with E-state index in [1.807, 2.05) is 6.07 Å². The van der Waals surface area contributed by atoms with Gasteiger partial charge in [0.1, 0.15) is 11.6 Å². The highest BCUT2D eigenvalue weighted by Gasteiger charge is 2.25. The van der Waals surface area contributed by atoms with Gasteiger partial charge in [0.05, 0.1) is 0 Å². The van der Waals surface area contributed by atoms with Crippen molar-refractivity contribution < 1.29 is 9.13 Å². The molecule has 1 heterocycles. The molecule has 20 heavy (non-hydrogen) atoms. The maximum atomic E-state index is 14.2. The molecule has 0 spiro atoms. The normalized spacial score (nSPS) is 22.9. The SMILES string of the molecule is CC1CCCCC1Oc1c(F)cc(N)c2cccnc12. The number of benzene rings is 1. The zero-order chi connectivity index (χ0) is 14.1. The number of halogens is 1. The van der Waals surface area contributed by atoms with E-state index in [0.717, 1.165) is 24.6 Å². The molecule has 1 aromatic carbocycles. The first-order valence-electron chi connectivity index (χ1n) is 7.16. The average molecular weight is 274 g/mol. The second-order valence-electron chi connectivity index (χ2n) is 5.59. The summed E-state index contributed by atoms with van der Waals surface area (Å²) in [5.41, 5.74) is 6.77. The van der Waals surface area contributed by atoms with E-state index in [2.05, 4.69) is 11.9 Å². The fourth-order valence-electron chi connectivity index (χ4n) is 2.93. The van der Waals surface area contributed by atoms with E-state index in [1.165, 1.54) is 12.5 Å². The van der Waals surface area contributed by atoms with Gasteiger partial charge in [0, 0.05) is 23.3 Å². The number of ether oxygens (including phenoxy) is 1. The van der Waals surface area contributed by atoms with Gasteiger partial charge in [0.25, 0.3) is 0 Å². The van der Waals surface area contributed by atoms with Gasteiger partial charge in [-0.1, -0.05) is 13.3 Å². The second kappa shape index (κ2) is 5.27. The maximum Gasteiger partial charge on any atom is 0.181 e. The molecule has 1 saturated carbocycles. The number of nitrogen functional groups attached to an aromatic ring is 1. The van der Waals surface area contributed by atoms with Crippen molar-refractivity contribution in [3.05, 3.63) is 30.2 Å². The Morgan fingerprint density at radius 1 is 1.35 bits per heavy atom. The Kier molecular flexibility index (Phi) is 3.47. The number of fused-ring (bicyclic) bond motifs is 1. The van der Waals surface area contributed by atoms with Gasteiger partial charge < -0.3 is 10.5 Å². The molecule has 2 aromatic rings. The molecular formula is C16H19FN2O. The van der Waals surface area contributed by atoms with E-state index in [1.54, 1.807) is 12.3 Å². The standard InChI is InChI=1S/C16H19FN2O/c1-10-5-2-3-7-14(10)20-16-12(17)9-13(18)11-6-4-8-19-15(11)16/h4,6,8-10,14H,2-3,5,7,18H2,1H3. The molecule has 0 saturated heterocycles. The minimum atomic E-state index is -0.425. The first-order valence-corrected chi connectivity index (χ1v) is 7.16. The van der Waals surface area contributed by atoms with Crippen LogP contribution in [0.2, 0.25) is 0 Å². The molecule has 2 unspecified atom stereocenters. The van der Waals surface area contributed by atoms with Crippen molar-refractivity contribution in [1.29, 1.82) is 0 Å². The fourth-order valence-corrected chi connectivity index (χ4v) is 2.93. The number of aromatic nitrogens is 1. The summed E-state index contributed by atoms with van der Waals surface area (Å²) < 4.78 is 20.2. The van der Waals surface area contributed by atoms with Crippen molar-refractivity contribution in [2.75, 3.05) is 5.73 Å². The molecule has 2 N–H and O–H groups in total. The lowest BCUT2D eigenvalue weighted by molar-refractivity contribution is 0.0995. The number of rotatable bonds is 2. The van der Waals surface area contributed by atoms with Crippen molar-refractivity contribution in [2.45, 2.75) is 38.7 Å². The Balaban J connectivity index is 2.02. The number of pyridine rings is 1. The summed E-state index contributed by atoms with van der Waals surface area (Å²) in [6, 6.07) is 4.96. The summed E-state index contributed by atoms with van der Waals surface area (Å²) in [6.45, 7) is 2.16. The molecule has 0 bridgehead atoms. The predicted octanol–water partition coefficient (Wildman–Crippen LogP) is 3.91. The van der Waals surface area contributed by atoms with Crippen LogP contribution in [-0.2, 0) is 0 Å². The molecule has 0 amide bonds. The Bertz CT molecular complexity index is 629. The van der Waals surface area contributed by atoms with Crippen LogP contribution in [0.15, 0.2) is 24.4 Å². The van der Waals surface area contributed by atoms with Gasteiger partial charge in [-0.05, 0) is 37.3 Å². The lowest BCUT2D eigenvalue weighted by atomic mass is 9.88. The molecule has 0 aliphatic heterocycles. The first-order chi connectivity index (χ1) is 9.66. The smallest absolute Gasteiger partial charge is 0.181 e. The van der Waals surface area contributed by atoms with Crippen molar-refractivity contribution in [3.8, 4) is 5.75 Å². The molecule has 1 aromatic heterocycles. The molecule has 3 nitrogen and oxygen atoms in total. The number of hydrogen-bond donors (Lipinski definition) is 1. The third-order valence-corrected chi connectivity index (χ3v) is 4.13. The van der Waals surface area contributed by atoms with Crippen LogP contribution in [0, 0.1) is 11.7 Å². The maximum absolute atomic E-state index is 14.2. The minimum absolute atomic E-state index is 0.0621. The van der Waals surface area contributed by atoms with Gasteiger partial charge in [-0.25, -0.2) is 4.39 Å². The highest BCUT2D eigenvalue weighted by molar-refractivity contribution is 5.94. The fraction of sp³-hybridized carbons (Fsp3) is 0.438. The third kappa shape index (κ3) is 2.30. The summed E-state index contributed by atoms with van der Waals surface area (Å²) in [4.78, 5) is 4.25. The number of nitrogens with two attached hydrogens (primary N) is 1. The lowest BCUT2D eigenvalue weighted by Crippen LogP contribution is -2.28. The Labute approximate surface area is 118 Å². The molecule has 1 aliphatic rings. The number of hydrogen-bond acceptors (Lipinski definition) is 3. The molecule has 0 radical (unpaired) electrons. The van der Waals surface area contributed by atoms with Gasteiger partial charge in [-0.3, -0.25) is 4.98 Å². The predicted molar refractivity (Wildman–Crippen MR) is 78.2 cm³/mol. The summed E-state index contributed by atoms with van der Waals surface area (Å²) in [6.07, 6.45) is 6.16. The largest absolute Gasteiger partial charge is 0.485 e. The third-order valence-electron chi connectivity index (χ3n) is 4.13. The summed E-state index contributed by atoms with van der Waals surface area (Å²) in [5, 5.41) is 0.743. The van der Waals surface area contributed by atoms with E-state index in [9.17, 15) is 4.39 Å². The van der Waals surface area contributed by atoms with E-state index in [0.29, 0.717) is 17.1 Å². The quantitative estimate of drug-likeness (QED) is 0.844. The highest BCUT2D eigenvalue weighted by atomic mass is 19.1. The van der Waals surface area contributed by atoms with Crippen LogP contribution >= 0.6 is 0 Å². The monoisotopic (exact) mass is 274 g/mol. The zero-order valence-electron chi connectivity index (χ0n) is 11.6. The van der Waals surface area contributed by atoms with Gasteiger partial charge in [0.2, 0.25) is 0 Å². The van der Waals surface area contributed by atoms with Gasteiger partial charge in [-0.15, -0.1) is 0 Å². The Morgan fingerprint density at radius 3 is 2.95 bits per heavy atom. The number of anilines is 1. The van der Waals surface area contributed by atoms with Gasteiger partial charge in [0.15, 0.2) is 11.6 Å². The van der Waals surface area contributed by atoms with Crippen LogP contribution in [-0.4, -0.2) is 11.1 Å². The molecule has 1 fully saturated rings. The van der Waals surface area contributed by atoms with Crippen LogP contribution in [0.1, 0.15) is 32.6 Å². The van der Waals surface area contributed by atoms with Crippen LogP contribution in [0.4, 0.5) is 10.1 Å². The van der Waals surface area contributed by atoms with Crippen LogP contribution in [0.3, 0.4) is 0 Å². The summed E-state index contributed by atoms with van der Waals surface area (Å²) in [5.74, 6) is 0.263. The minimum Gasteiger partial charge on any atom is -0.485 e. The summed E-state index contributed by atoms with van der Waals surface area (Å²) >= 11 is 0. The van der Waals surface area contributed by atoms with E-state index in [4.69, 9.17) is 10.5 Å². The van der Waals surface area contributed by atoms with Crippen molar-refractivity contribution in [2.24, 2.45) is 5.92 Å². The lowest BCUT2D eigenvalue weighted by Gasteiger charge is -2.29. The average Bonchev–Trinajstić information content (AvgIpc) is 2.45. The highest BCUT2D eigenvalue weighted by Crippen LogP contribution is 2.35. The van der Waals surface area contributed by atoms with Crippen LogP contribution < -0.4 is 10.5 Å². The second-order valence-corrected chi connectivity index (χ2v) is 5.59. The molecule has 4 heteroatoms. The van der Waals surface area contributed by atoms with E-state index in [-0.39, 0.29) is 11.9 Å².